The van der Waals surface area contributed by atoms with Crippen molar-refractivity contribution >= 4 is 11.5 Å². The Bertz CT molecular complexity index is 524. The van der Waals surface area contributed by atoms with Gasteiger partial charge in [-0.2, -0.15) is 0 Å². The number of carbonyl (C=O) groups is 1. The molecule has 126 valence electrons. The first-order chi connectivity index (χ1) is 11.0. The van der Waals surface area contributed by atoms with E-state index in [-0.39, 0.29) is 17.9 Å². The van der Waals surface area contributed by atoms with Gasteiger partial charge in [0.05, 0.1) is 11.5 Å². The largest absolute Gasteiger partial charge is 0.365 e. The summed E-state index contributed by atoms with van der Waals surface area (Å²) in [5, 5.41) is 20.1. The number of rotatable bonds is 11. The zero-order valence-corrected chi connectivity index (χ0v) is 13.3. The van der Waals surface area contributed by atoms with Crippen LogP contribution in [0.25, 0.3) is 0 Å². The number of nitro groups is 1. The zero-order valence-electron chi connectivity index (χ0n) is 13.3. The molecule has 0 saturated carbocycles. The van der Waals surface area contributed by atoms with Crippen LogP contribution in [-0.4, -0.2) is 28.7 Å². The summed E-state index contributed by atoms with van der Waals surface area (Å²) in [5.74, 6) is -0.175. The van der Waals surface area contributed by atoms with Gasteiger partial charge in [-0.05, 0) is 24.6 Å². The summed E-state index contributed by atoms with van der Waals surface area (Å²) in [7, 11) is 0. The van der Waals surface area contributed by atoms with Crippen LogP contribution in [0.1, 0.15) is 49.4 Å². The fourth-order valence-corrected chi connectivity index (χ4v) is 1.97. The molecular weight excluding hydrogens is 298 g/mol. The van der Waals surface area contributed by atoms with Crippen LogP contribution < -0.4 is 0 Å². The van der Waals surface area contributed by atoms with E-state index in [1.54, 1.807) is 6.08 Å². The summed E-state index contributed by atoms with van der Waals surface area (Å²) in [6.45, 7) is 2.61. The highest BCUT2D eigenvalue weighted by atomic mass is 16.6. The molecule has 1 aromatic carbocycles. The Kier molecular flexibility index (Phi) is 8.79. The van der Waals surface area contributed by atoms with Crippen molar-refractivity contribution in [2.45, 2.75) is 45.3 Å². The van der Waals surface area contributed by atoms with E-state index in [1.807, 2.05) is 0 Å². The summed E-state index contributed by atoms with van der Waals surface area (Å²) in [5.41, 5.74) is 0.346. The molecule has 0 aliphatic carbocycles. The molecule has 0 aromatic heterocycles. The molecule has 0 bridgehead atoms. The lowest BCUT2D eigenvalue weighted by molar-refractivity contribution is -0.384. The normalized spacial score (nSPS) is 12.4. The molecular formula is C17H23NO5. The second kappa shape index (κ2) is 10.6. The predicted molar refractivity (Wildman–Crippen MR) is 87.3 cm³/mol. The van der Waals surface area contributed by atoms with Crippen molar-refractivity contribution in [1.29, 1.82) is 0 Å². The van der Waals surface area contributed by atoms with Crippen molar-refractivity contribution in [2.24, 2.45) is 0 Å². The molecule has 0 amide bonds. The van der Waals surface area contributed by atoms with E-state index in [4.69, 9.17) is 4.74 Å². The summed E-state index contributed by atoms with van der Waals surface area (Å²) in [6.07, 6.45) is 6.34. The van der Waals surface area contributed by atoms with Crippen LogP contribution in [0.15, 0.2) is 36.4 Å². The first-order valence-electron chi connectivity index (χ1n) is 7.78. The third kappa shape index (κ3) is 7.67. The minimum absolute atomic E-state index is 0.0519. The van der Waals surface area contributed by atoms with Gasteiger partial charge in [0.15, 0.2) is 12.1 Å². The number of carbonyl (C=O) groups excluding carboxylic acids is 1. The molecule has 6 heteroatoms. The van der Waals surface area contributed by atoms with Crippen molar-refractivity contribution < 1.29 is 19.6 Å². The number of nitro benzene ring substituents is 1. The van der Waals surface area contributed by atoms with E-state index in [0.717, 1.165) is 25.7 Å². The summed E-state index contributed by atoms with van der Waals surface area (Å²) < 4.78 is 5.20. The standard InChI is InChI=1S/C17H23NO5/c1-2-3-4-5-13-23-17(20)8-6-7-16(19)14-9-11-15(12-10-14)18(21)22/h6,8-12,17,20H,2-5,7,13H2,1H3. The molecule has 0 aliphatic heterocycles. The second-order valence-corrected chi connectivity index (χ2v) is 5.18. The molecule has 0 spiro atoms. The highest BCUT2D eigenvalue weighted by Crippen LogP contribution is 2.13. The van der Waals surface area contributed by atoms with Crippen LogP contribution in [-0.2, 0) is 4.74 Å². The molecule has 1 atom stereocenters. The van der Waals surface area contributed by atoms with E-state index < -0.39 is 11.2 Å². The minimum Gasteiger partial charge on any atom is -0.365 e. The Morgan fingerprint density at radius 1 is 1.30 bits per heavy atom. The van der Waals surface area contributed by atoms with Crippen LogP contribution >= 0.6 is 0 Å². The number of benzene rings is 1. The number of nitrogens with zero attached hydrogens (tertiary/aromatic N) is 1. The number of ketones is 1. The molecule has 1 rings (SSSR count). The van der Waals surface area contributed by atoms with Gasteiger partial charge in [-0.15, -0.1) is 0 Å². The van der Waals surface area contributed by atoms with Gasteiger partial charge in [-0.25, -0.2) is 0 Å². The van der Waals surface area contributed by atoms with Gasteiger partial charge < -0.3 is 9.84 Å². The molecule has 0 aliphatic rings. The maximum Gasteiger partial charge on any atom is 0.269 e. The number of unbranched alkanes of at least 4 members (excludes halogenated alkanes) is 3. The third-order valence-electron chi connectivity index (χ3n) is 3.29. The number of Topliss-reactive ketones (excluding diaryl/α,β-unsaturated/α-hetero) is 1. The smallest absolute Gasteiger partial charge is 0.269 e. The third-order valence-corrected chi connectivity index (χ3v) is 3.29. The van der Waals surface area contributed by atoms with E-state index in [1.165, 1.54) is 30.3 Å². The van der Waals surface area contributed by atoms with Gasteiger partial charge in [0.2, 0.25) is 0 Å². The Balaban J connectivity index is 2.32. The highest BCUT2D eigenvalue weighted by Gasteiger charge is 2.08. The maximum absolute atomic E-state index is 11.9. The number of ether oxygens (including phenoxy) is 1. The lowest BCUT2D eigenvalue weighted by Crippen LogP contribution is -2.09. The van der Waals surface area contributed by atoms with Crippen LogP contribution in [0.3, 0.4) is 0 Å². The first-order valence-corrected chi connectivity index (χ1v) is 7.78. The zero-order chi connectivity index (χ0) is 17.1. The van der Waals surface area contributed by atoms with Gasteiger partial charge in [0.25, 0.3) is 5.69 Å². The van der Waals surface area contributed by atoms with Crippen molar-refractivity contribution in [3.63, 3.8) is 0 Å². The molecule has 0 saturated heterocycles. The molecule has 23 heavy (non-hydrogen) atoms. The molecule has 1 N–H and O–H groups in total. The Morgan fingerprint density at radius 2 is 2.00 bits per heavy atom. The number of aliphatic hydroxyl groups is 1. The number of hydrogen-bond acceptors (Lipinski definition) is 5. The fourth-order valence-electron chi connectivity index (χ4n) is 1.97. The van der Waals surface area contributed by atoms with Crippen molar-refractivity contribution in [3.05, 3.63) is 52.1 Å². The number of non-ortho nitro benzene ring substituents is 1. The fraction of sp³-hybridized carbons (Fsp3) is 0.471. The van der Waals surface area contributed by atoms with E-state index in [9.17, 15) is 20.0 Å². The molecule has 6 nitrogen and oxygen atoms in total. The quantitative estimate of drug-likeness (QED) is 0.168. The van der Waals surface area contributed by atoms with Crippen LogP contribution in [0.4, 0.5) is 5.69 Å². The molecule has 0 heterocycles. The monoisotopic (exact) mass is 321 g/mol. The summed E-state index contributed by atoms with van der Waals surface area (Å²) in [6, 6.07) is 5.44. The van der Waals surface area contributed by atoms with Crippen molar-refractivity contribution in [1.82, 2.24) is 0 Å². The highest BCUT2D eigenvalue weighted by molar-refractivity contribution is 5.97. The summed E-state index contributed by atoms with van der Waals surface area (Å²) in [4.78, 5) is 21.9. The van der Waals surface area contributed by atoms with Crippen LogP contribution in [0.5, 0.6) is 0 Å². The van der Waals surface area contributed by atoms with E-state index in [2.05, 4.69) is 6.92 Å². The van der Waals surface area contributed by atoms with Crippen LogP contribution in [0, 0.1) is 10.1 Å². The minimum atomic E-state index is -1.01. The SMILES string of the molecule is CCCCCCOC(O)C=CCC(=O)c1ccc([N+](=O)[O-])cc1. The number of allylic oxidation sites excluding steroid dienone is 1. The lowest BCUT2D eigenvalue weighted by atomic mass is 10.1. The van der Waals surface area contributed by atoms with Gasteiger partial charge in [-0.3, -0.25) is 14.9 Å². The van der Waals surface area contributed by atoms with Crippen molar-refractivity contribution in [3.8, 4) is 0 Å². The molecule has 0 fully saturated rings. The second-order valence-electron chi connectivity index (χ2n) is 5.18. The molecule has 1 unspecified atom stereocenters. The van der Waals surface area contributed by atoms with Gasteiger partial charge in [0.1, 0.15) is 0 Å². The Hall–Kier alpha value is -2.05. The topological polar surface area (TPSA) is 89.7 Å². The molecule has 1 aromatic rings. The van der Waals surface area contributed by atoms with Gasteiger partial charge >= 0.3 is 0 Å². The maximum atomic E-state index is 11.9. The first kappa shape index (κ1) is 19.0. The Morgan fingerprint density at radius 3 is 2.61 bits per heavy atom. The van der Waals surface area contributed by atoms with E-state index in [0.29, 0.717) is 12.2 Å². The molecule has 0 radical (unpaired) electrons. The predicted octanol–water partition coefficient (Wildman–Crippen LogP) is 3.64. The summed E-state index contributed by atoms with van der Waals surface area (Å²) >= 11 is 0. The van der Waals surface area contributed by atoms with Crippen molar-refractivity contribution in [2.75, 3.05) is 6.61 Å². The van der Waals surface area contributed by atoms with Gasteiger partial charge in [0, 0.05) is 24.1 Å². The van der Waals surface area contributed by atoms with Gasteiger partial charge in [-0.1, -0.05) is 32.3 Å². The number of aliphatic hydroxyl groups excluding tert-OH is 1. The average Bonchev–Trinajstić information content (AvgIpc) is 2.54. The number of hydrogen-bond donors (Lipinski definition) is 1. The van der Waals surface area contributed by atoms with E-state index >= 15 is 0 Å². The Labute approximate surface area is 135 Å². The van der Waals surface area contributed by atoms with Crippen LogP contribution in [0.2, 0.25) is 0 Å². The lowest BCUT2D eigenvalue weighted by Gasteiger charge is -2.07. The average molecular weight is 321 g/mol.